The third-order valence-electron chi connectivity index (χ3n) is 2.13. The lowest BCUT2D eigenvalue weighted by Gasteiger charge is -2.20. The highest BCUT2D eigenvalue weighted by Gasteiger charge is 2.39. The van der Waals surface area contributed by atoms with Gasteiger partial charge in [-0.15, -0.1) is 0 Å². The van der Waals surface area contributed by atoms with Crippen LogP contribution in [0.5, 0.6) is 0 Å². The number of ether oxygens (including phenoxy) is 2. The van der Waals surface area contributed by atoms with Crippen molar-refractivity contribution in [1.29, 1.82) is 0 Å². The molecule has 2 heterocycles. The van der Waals surface area contributed by atoms with Crippen molar-refractivity contribution in [2.75, 3.05) is 13.2 Å². The number of esters is 1. The molecule has 10 heavy (non-hydrogen) atoms. The Morgan fingerprint density at radius 3 is 3.20 bits per heavy atom. The third-order valence-corrected chi connectivity index (χ3v) is 2.13. The average molecular weight is 142 g/mol. The van der Waals surface area contributed by atoms with Crippen LogP contribution in [-0.4, -0.2) is 25.3 Å². The second-order valence-electron chi connectivity index (χ2n) is 2.79. The van der Waals surface area contributed by atoms with E-state index < -0.39 is 0 Å². The molecule has 0 bridgehead atoms. The molecule has 2 aliphatic heterocycles. The molecule has 3 nitrogen and oxygen atoms in total. The molecule has 2 rings (SSSR count). The van der Waals surface area contributed by atoms with E-state index >= 15 is 0 Å². The normalized spacial score (nSPS) is 39.0. The minimum absolute atomic E-state index is 0.0498. The maximum absolute atomic E-state index is 10.9. The van der Waals surface area contributed by atoms with E-state index in [1.54, 1.807) is 0 Å². The van der Waals surface area contributed by atoms with Crippen molar-refractivity contribution in [3.63, 3.8) is 0 Å². The Morgan fingerprint density at radius 2 is 2.40 bits per heavy atom. The van der Waals surface area contributed by atoms with Gasteiger partial charge in [0.2, 0.25) is 0 Å². The monoisotopic (exact) mass is 142 g/mol. The molecule has 0 amide bonds. The number of fused-ring (bicyclic) bond motifs is 1. The number of rotatable bonds is 0. The molecule has 0 saturated carbocycles. The maximum atomic E-state index is 10.9. The molecule has 2 unspecified atom stereocenters. The van der Waals surface area contributed by atoms with Crippen molar-refractivity contribution < 1.29 is 14.3 Å². The molecule has 0 aromatic carbocycles. The second kappa shape index (κ2) is 2.23. The lowest BCUT2D eigenvalue weighted by atomic mass is 9.97. The van der Waals surface area contributed by atoms with Crippen LogP contribution in [0.4, 0.5) is 0 Å². The van der Waals surface area contributed by atoms with Gasteiger partial charge in [-0.2, -0.15) is 0 Å². The molecule has 2 saturated heterocycles. The van der Waals surface area contributed by atoms with Crippen LogP contribution in [0.25, 0.3) is 0 Å². The maximum Gasteiger partial charge on any atom is 0.311 e. The van der Waals surface area contributed by atoms with E-state index in [9.17, 15) is 4.79 Å². The largest absolute Gasteiger partial charge is 0.463 e. The summed E-state index contributed by atoms with van der Waals surface area (Å²) in [7, 11) is 0. The highest BCUT2D eigenvalue weighted by molar-refractivity contribution is 5.75. The van der Waals surface area contributed by atoms with Gasteiger partial charge in [0.15, 0.2) is 0 Å². The summed E-state index contributed by atoms with van der Waals surface area (Å²) in [4.78, 5) is 10.9. The first-order chi connectivity index (χ1) is 4.88. The lowest BCUT2D eigenvalue weighted by molar-refractivity contribution is -0.142. The summed E-state index contributed by atoms with van der Waals surface area (Å²) in [5.74, 6) is -0.0153. The molecule has 0 aliphatic carbocycles. The van der Waals surface area contributed by atoms with Crippen molar-refractivity contribution >= 4 is 5.97 Å². The number of hydrogen-bond donors (Lipinski definition) is 0. The van der Waals surface area contributed by atoms with Crippen LogP contribution in [0.1, 0.15) is 12.8 Å². The predicted molar refractivity (Wildman–Crippen MR) is 33.4 cm³/mol. The SMILES string of the molecule is O=C1OCC2OCCCC12. The van der Waals surface area contributed by atoms with Crippen LogP contribution in [0.15, 0.2) is 0 Å². The van der Waals surface area contributed by atoms with Gasteiger partial charge in [-0.1, -0.05) is 0 Å². The fourth-order valence-electron chi connectivity index (χ4n) is 1.55. The van der Waals surface area contributed by atoms with E-state index in [1.165, 1.54) is 0 Å². The van der Waals surface area contributed by atoms with Crippen molar-refractivity contribution in [2.24, 2.45) is 5.92 Å². The van der Waals surface area contributed by atoms with Crippen LogP contribution in [-0.2, 0) is 14.3 Å². The van der Waals surface area contributed by atoms with Crippen molar-refractivity contribution in [3.8, 4) is 0 Å². The summed E-state index contributed by atoms with van der Waals surface area (Å²) < 4.78 is 10.2. The van der Waals surface area contributed by atoms with E-state index in [2.05, 4.69) is 0 Å². The van der Waals surface area contributed by atoms with Crippen LogP contribution in [0, 0.1) is 5.92 Å². The van der Waals surface area contributed by atoms with Crippen LogP contribution < -0.4 is 0 Å². The Hall–Kier alpha value is -0.570. The van der Waals surface area contributed by atoms with E-state index in [0.29, 0.717) is 6.61 Å². The molecule has 0 radical (unpaired) electrons. The van der Waals surface area contributed by atoms with Crippen molar-refractivity contribution in [3.05, 3.63) is 0 Å². The molecule has 2 atom stereocenters. The van der Waals surface area contributed by atoms with E-state index in [1.807, 2.05) is 0 Å². The van der Waals surface area contributed by atoms with Gasteiger partial charge in [0.05, 0.1) is 5.92 Å². The molecule has 0 aromatic heterocycles. The van der Waals surface area contributed by atoms with Gasteiger partial charge in [0.1, 0.15) is 12.7 Å². The zero-order valence-electron chi connectivity index (χ0n) is 5.71. The standard InChI is InChI=1S/C7H10O3/c8-7-5-2-1-3-9-6(5)4-10-7/h5-6H,1-4H2. The summed E-state index contributed by atoms with van der Waals surface area (Å²) in [6.45, 7) is 1.27. The number of hydrogen-bond acceptors (Lipinski definition) is 3. The number of carbonyl (C=O) groups excluding carboxylic acids is 1. The fraction of sp³-hybridized carbons (Fsp3) is 0.857. The lowest BCUT2D eigenvalue weighted by Crippen LogP contribution is -2.29. The van der Waals surface area contributed by atoms with Crippen molar-refractivity contribution in [1.82, 2.24) is 0 Å². The fourth-order valence-corrected chi connectivity index (χ4v) is 1.55. The third kappa shape index (κ3) is 0.814. The van der Waals surface area contributed by atoms with Crippen molar-refractivity contribution in [2.45, 2.75) is 18.9 Å². The Balaban J connectivity index is 2.08. The molecular weight excluding hydrogens is 132 g/mol. The summed E-state index contributed by atoms with van der Waals surface area (Å²) in [6.07, 6.45) is 2.01. The van der Waals surface area contributed by atoms with Crippen LogP contribution >= 0.6 is 0 Å². The van der Waals surface area contributed by atoms with Gasteiger partial charge in [0.25, 0.3) is 0 Å². The first-order valence-corrected chi connectivity index (χ1v) is 3.66. The Kier molecular flexibility index (Phi) is 1.38. The highest BCUT2D eigenvalue weighted by atomic mass is 16.6. The quantitative estimate of drug-likeness (QED) is 0.457. The molecular formula is C7H10O3. The first-order valence-electron chi connectivity index (χ1n) is 3.66. The summed E-state index contributed by atoms with van der Waals surface area (Å²) >= 11 is 0. The van der Waals surface area contributed by atoms with Gasteiger partial charge in [-0.25, -0.2) is 0 Å². The minimum atomic E-state index is -0.0651. The molecule has 0 N–H and O–H groups in total. The molecule has 2 aliphatic rings. The van der Waals surface area contributed by atoms with Gasteiger partial charge < -0.3 is 9.47 Å². The van der Waals surface area contributed by atoms with E-state index in [-0.39, 0.29) is 18.0 Å². The van der Waals surface area contributed by atoms with Crippen LogP contribution in [0.3, 0.4) is 0 Å². The number of carbonyl (C=O) groups is 1. The second-order valence-corrected chi connectivity index (χ2v) is 2.79. The smallest absolute Gasteiger partial charge is 0.311 e. The minimum Gasteiger partial charge on any atom is -0.463 e. The predicted octanol–water partition coefficient (Wildman–Crippen LogP) is 0.338. The summed E-state index contributed by atoms with van der Waals surface area (Å²) in [5.41, 5.74) is 0. The molecule has 3 heteroatoms. The highest BCUT2D eigenvalue weighted by Crippen LogP contribution is 2.27. The van der Waals surface area contributed by atoms with E-state index in [0.717, 1.165) is 19.4 Å². The topological polar surface area (TPSA) is 35.5 Å². The Labute approximate surface area is 59.3 Å². The van der Waals surface area contributed by atoms with Crippen LogP contribution in [0.2, 0.25) is 0 Å². The number of cyclic esters (lactones) is 1. The summed E-state index contributed by atoms with van der Waals surface area (Å²) in [5, 5.41) is 0. The Morgan fingerprint density at radius 1 is 1.50 bits per heavy atom. The zero-order chi connectivity index (χ0) is 6.97. The van der Waals surface area contributed by atoms with Gasteiger partial charge in [0, 0.05) is 6.61 Å². The van der Waals surface area contributed by atoms with E-state index in [4.69, 9.17) is 9.47 Å². The van der Waals surface area contributed by atoms with Gasteiger partial charge in [-0.05, 0) is 12.8 Å². The van der Waals surface area contributed by atoms with Gasteiger partial charge >= 0.3 is 5.97 Å². The summed E-state index contributed by atoms with van der Waals surface area (Å²) in [6, 6.07) is 0. The zero-order valence-corrected chi connectivity index (χ0v) is 5.71. The molecule has 56 valence electrons. The molecule has 2 fully saturated rings. The molecule has 0 spiro atoms. The first kappa shape index (κ1) is 6.16. The average Bonchev–Trinajstić information content (AvgIpc) is 2.34. The Bertz CT molecular complexity index is 155. The molecule has 0 aromatic rings. The van der Waals surface area contributed by atoms with Gasteiger partial charge in [-0.3, -0.25) is 4.79 Å².